The number of nitrogens with zero attached hydrogens (tertiary/aromatic N) is 3. The van der Waals surface area contributed by atoms with Crippen molar-refractivity contribution in [2.24, 2.45) is 0 Å². The van der Waals surface area contributed by atoms with E-state index in [0.29, 0.717) is 18.0 Å². The molecule has 0 fully saturated rings. The molecule has 0 saturated heterocycles. The Labute approximate surface area is 122 Å². The molecular formula is C14H16ClN3O2. The molecule has 0 radical (unpaired) electrons. The highest BCUT2D eigenvalue weighted by atomic mass is 35.5. The van der Waals surface area contributed by atoms with Crippen molar-refractivity contribution < 1.29 is 9.53 Å². The van der Waals surface area contributed by atoms with E-state index in [-0.39, 0.29) is 5.69 Å². The zero-order valence-corrected chi connectivity index (χ0v) is 12.2. The lowest BCUT2D eigenvalue weighted by Crippen LogP contribution is -2.10. The normalized spacial score (nSPS) is 10.6. The minimum atomic E-state index is -0.459. The summed E-state index contributed by atoms with van der Waals surface area (Å²) >= 11 is 6.15. The van der Waals surface area contributed by atoms with E-state index < -0.39 is 5.97 Å². The first kappa shape index (κ1) is 14.5. The molecule has 0 aliphatic heterocycles. The number of hydrogen-bond acceptors (Lipinski definition) is 4. The number of benzene rings is 1. The summed E-state index contributed by atoms with van der Waals surface area (Å²) in [7, 11) is 1.34. The Balaban J connectivity index is 2.34. The Morgan fingerprint density at radius 2 is 2.15 bits per heavy atom. The number of ether oxygens (including phenoxy) is 1. The molecule has 2 aromatic rings. The number of carbonyl (C=O) groups excluding carboxylic acids is 1. The van der Waals surface area contributed by atoms with Crippen molar-refractivity contribution in [2.75, 3.05) is 7.11 Å². The highest BCUT2D eigenvalue weighted by Gasteiger charge is 2.19. The molecule has 0 aliphatic carbocycles. The van der Waals surface area contributed by atoms with Crippen molar-refractivity contribution in [1.29, 1.82) is 0 Å². The fourth-order valence-corrected chi connectivity index (χ4v) is 2.18. The van der Waals surface area contributed by atoms with Crippen LogP contribution in [0.5, 0.6) is 0 Å². The summed E-state index contributed by atoms with van der Waals surface area (Å²) in [6.07, 6.45) is 1.60. The molecule has 0 atom stereocenters. The van der Waals surface area contributed by atoms with Crippen molar-refractivity contribution in [2.45, 2.75) is 26.3 Å². The highest BCUT2D eigenvalue weighted by Crippen LogP contribution is 2.18. The molecule has 0 bridgehead atoms. The molecule has 20 heavy (non-hydrogen) atoms. The standard InChI is InChI=1S/C14H16ClN3O2/c1-3-6-12-13(14(19)20-2)16-17-18(12)9-10-7-4-5-8-11(10)15/h4-5,7-8H,3,6,9H2,1-2H3. The highest BCUT2D eigenvalue weighted by molar-refractivity contribution is 6.31. The molecule has 1 heterocycles. The van der Waals surface area contributed by atoms with Crippen LogP contribution in [0, 0.1) is 0 Å². The molecule has 0 spiro atoms. The maximum absolute atomic E-state index is 11.7. The lowest BCUT2D eigenvalue weighted by molar-refractivity contribution is 0.0592. The topological polar surface area (TPSA) is 57.0 Å². The van der Waals surface area contributed by atoms with Gasteiger partial charge in [0.1, 0.15) is 0 Å². The molecule has 0 N–H and O–H groups in total. The maximum atomic E-state index is 11.7. The van der Waals surface area contributed by atoms with Crippen LogP contribution in [0.4, 0.5) is 0 Å². The zero-order chi connectivity index (χ0) is 14.5. The predicted octanol–water partition coefficient (Wildman–Crippen LogP) is 2.72. The molecule has 5 nitrogen and oxygen atoms in total. The van der Waals surface area contributed by atoms with Crippen LogP contribution in [-0.4, -0.2) is 28.1 Å². The first-order valence-electron chi connectivity index (χ1n) is 6.41. The molecule has 0 aliphatic rings. The number of carbonyl (C=O) groups is 1. The zero-order valence-electron chi connectivity index (χ0n) is 11.5. The second-order valence-electron chi connectivity index (χ2n) is 4.38. The van der Waals surface area contributed by atoms with E-state index in [2.05, 4.69) is 10.3 Å². The van der Waals surface area contributed by atoms with E-state index in [9.17, 15) is 4.79 Å². The minimum absolute atomic E-state index is 0.279. The van der Waals surface area contributed by atoms with Crippen LogP contribution in [0.15, 0.2) is 24.3 Å². The van der Waals surface area contributed by atoms with Gasteiger partial charge >= 0.3 is 5.97 Å². The van der Waals surface area contributed by atoms with Gasteiger partial charge in [0.05, 0.1) is 19.3 Å². The summed E-state index contributed by atoms with van der Waals surface area (Å²) in [5.74, 6) is -0.459. The van der Waals surface area contributed by atoms with Crippen LogP contribution in [0.3, 0.4) is 0 Å². The summed E-state index contributed by atoms with van der Waals surface area (Å²) in [4.78, 5) is 11.7. The fraction of sp³-hybridized carbons (Fsp3) is 0.357. The summed E-state index contributed by atoms with van der Waals surface area (Å²) < 4.78 is 6.44. The van der Waals surface area contributed by atoms with Crippen LogP contribution in [0.1, 0.15) is 35.1 Å². The second-order valence-corrected chi connectivity index (χ2v) is 4.78. The van der Waals surface area contributed by atoms with Crippen LogP contribution in [-0.2, 0) is 17.7 Å². The van der Waals surface area contributed by atoms with Crippen molar-refractivity contribution in [3.63, 3.8) is 0 Å². The Hall–Kier alpha value is -1.88. The lowest BCUT2D eigenvalue weighted by atomic mass is 10.2. The third-order valence-electron chi connectivity index (χ3n) is 2.98. The predicted molar refractivity (Wildman–Crippen MR) is 75.9 cm³/mol. The third kappa shape index (κ3) is 2.99. The average molecular weight is 294 g/mol. The van der Waals surface area contributed by atoms with Gasteiger partial charge in [-0.1, -0.05) is 48.4 Å². The van der Waals surface area contributed by atoms with Gasteiger partial charge < -0.3 is 4.74 Å². The summed E-state index contributed by atoms with van der Waals surface area (Å²) in [6, 6.07) is 7.55. The van der Waals surface area contributed by atoms with E-state index in [1.807, 2.05) is 31.2 Å². The van der Waals surface area contributed by atoms with Crippen LogP contribution < -0.4 is 0 Å². The minimum Gasteiger partial charge on any atom is -0.464 e. The summed E-state index contributed by atoms with van der Waals surface area (Å²) in [6.45, 7) is 2.52. The van der Waals surface area contributed by atoms with Gasteiger partial charge in [-0.2, -0.15) is 0 Å². The molecule has 1 aromatic carbocycles. The second kappa shape index (κ2) is 6.52. The van der Waals surface area contributed by atoms with Crippen molar-refractivity contribution in [3.05, 3.63) is 46.2 Å². The Kier molecular flexibility index (Phi) is 4.74. The van der Waals surface area contributed by atoms with Crippen LogP contribution in [0.2, 0.25) is 5.02 Å². The Morgan fingerprint density at radius 3 is 2.80 bits per heavy atom. The molecule has 106 valence electrons. The molecule has 0 amide bonds. The van der Waals surface area contributed by atoms with E-state index >= 15 is 0 Å². The number of methoxy groups -OCH3 is 1. The first-order valence-corrected chi connectivity index (χ1v) is 6.79. The first-order chi connectivity index (χ1) is 9.67. The van der Waals surface area contributed by atoms with E-state index in [0.717, 1.165) is 17.7 Å². The molecule has 0 unspecified atom stereocenters. The van der Waals surface area contributed by atoms with Crippen LogP contribution in [0.25, 0.3) is 0 Å². The smallest absolute Gasteiger partial charge is 0.360 e. The van der Waals surface area contributed by atoms with Gasteiger partial charge in [0, 0.05) is 5.02 Å². The van der Waals surface area contributed by atoms with E-state index in [4.69, 9.17) is 16.3 Å². The van der Waals surface area contributed by atoms with Gasteiger partial charge in [0.15, 0.2) is 5.69 Å². The summed E-state index contributed by atoms with van der Waals surface area (Å²) in [5, 5.41) is 8.65. The van der Waals surface area contributed by atoms with Gasteiger partial charge in [-0.25, -0.2) is 9.48 Å². The third-order valence-corrected chi connectivity index (χ3v) is 3.35. The van der Waals surface area contributed by atoms with Crippen LogP contribution >= 0.6 is 11.6 Å². The van der Waals surface area contributed by atoms with Gasteiger partial charge in [0.2, 0.25) is 0 Å². The molecule has 1 aromatic heterocycles. The SMILES string of the molecule is CCCc1c(C(=O)OC)nnn1Cc1ccccc1Cl. The average Bonchev–Trinajstić information content (AvgIpc) is 2.84. The largest absolute Gasteiger partial charge is 0.464 e. The van der Waals surface area contributed by atoms with E-state index in [1.165, 1.54) is 7.11 Å². The Bertz CT molecular complexity index is 610. The number of aromatic nitrogens is 3. The van der Waals surface area contributed by atoms with Crippen molar-refractivity contribution in [1.82, 2.24) is 15.0 Å². The summed E-state index contributed by atoms with van der Waals surface area (Å²) in [5.41, 5.74) is 1.99. The fourth-order valence-electron chi connectivity index (χ4n) is 1.99. The number of halogens is 1. The molecule has 6 heteroatoms. The van der Waals surface area contributed by atoms with Gasteiger partial charge in [-0.3, -0.25) is 0 Å². The quantitative estimate of drug-likeness (QED) is 0.795. The van der Waals surface area contributed by atoms with Gasteiger partial charge in [-0.15, -0.1) is 5.10 Å². The van der Waals surface area contributed by atoms with E-state index in [1.54, 1.807) is 4.68 Å². The van der Waals surface area contributed by atoms with Crippen molar-refractivity contribution >= 4 is 17.6 Å². The van der Waals surface area contributed by atoms with Gasteiger partial charge in [0.25, 0.3) is 0 Å². The molecular weight excluding hydrogens is 278 g/mol. The number of hydrogen-bond donors (Lipinski definition) is 0. The number of esters is 1. The van der Waals surface area contributed by atoms with Crippen molar-refractivity contribution in [3.8, 4) is 0 Å². The molecule has 2 rings (SSSR count). The Morgan fingerprint density at radius 1 is 1.40 bits per heavy atom. The number of rotatable bonds is 5. The maximum Gasteiger partial charge on any atom is 0.360 e. The monoisotopic (exact) mass is 293 g/mol. The lowest BCUT2D eigenvalue weighted by Gasteiger charge is -2.08. The molecule has 0 saturated carbocycles. The van der Waals surface area contributed by atoms with Gasteiger partial charge in [-0.05, 0) is 18.1 Å².